The third-order valence-electron chi connectivity index (χ3n) is 3.21. The smallest absolute Gasteiger partial charge is 0.305 e. The standard InChI is InChI=1S/C13H16N2O3S/c1-6-7(2)11(18)8(3)12-10(6)15-13(19-12)14-5-4-9(16)17/h18H,4-5H2,1-3H3,(H,14,15)(H,16,17). The van der Waals surface area contributed by atoms with Crippen LogP contribution in [-0.4, -0.2) is 27.7 Å². The van der Waals surface area contributed by atoms with Gasteiger partial charge >= 0.3 is 5.97 Å². The van der Waals surface area contributed by atoms with E-state index in [1.807, 2.05) is 20.8 Å². The Hall–Kier alpha value is -1.82. The van der Waals surface area contributed by atoms with Gasteiger partial charge in [-0.2, -0.15) is 0 Å². The Bertz CT molecular complexity index is 604. The van der Waals surface area contributed by atoms with Crippen molar-refractivity contribution in [2.24, 2.45) is 0 Å². The summed E-state index contributed by atoms with van der Waals surface area (Å²) in [6.45, 7) is 6.01. The summed E-state index contributed by atoms with van der Waals surface area (Å²) in [6.07, 6.45) is 0.0537. The summed E-state index contributed by atoms with van der Waals surface area (Å²) in [5.41, 5.74) is 3.49. The minimum atomic E-state index is -0.838. The van der Waals surface area contributed by atoms with E-state index >= 15 is 0 Å². The number of phenols is 1. The maximum Gasteiger partial charge on any atom is 0.305 e. The van der Waals surface area contributed by atoms with Crippen molar-refractivity contribution in [1.82, 2.24) is 4.98 Å². The number of rotatable bonds is 4. The lowest BCUT2D eigenvalue weighted by Gasteiger charge is -2.07. The average Bonchev–Trinajstić information content (AvgIpc) is 2.77. The molecule has 102 valence electrons. The molecule has 1 aromatic heterocycles. The first kappa shape index (κ1) is 13.6. The highest BCUT2D eigenvalue weighted by Crippen LogP contribution is 2.38. The maximum atomic E-state index is 10.5. The van der Waals surface area contributed by atoms with Gasteiger partial charge in [-0.1, -0.05) is 11.3 Å². The van der Waals surface area contributed by atoms with Gasteiger partial charge in [0.1, 0.15) is 5.75 Å². The van der Waals surface area contributed by atoms with E-state index in [-0.39, 0.29) is 6.42 Å². The molecule has 19 heavy (non-hydrogen) atoms. The van der Waals surface area contributed by atoms with Gasteiger partial charge in [-0.15, -0.1) is 0 Å². The number of thiazole rings is 1. The van der Waals surface area contributed by atoms with Crippen molar-refractivity contribution in [3.05, 3.63) is 16.7 Å². The van der Waals surface area contributed by atoms with E-state index < -0.39 is 5.97 Å². The molecule has 0 atom stereocenters. The molecule has 6 heteroatoms. The van der Waals surface area contributed by atoms with Gasteiger partial charge in [-0.05, 0) is 31.9 Å². The second-order valence-corrected chi connectivity index (χ2v) is 5.49. The SMILES string of the molecule is Cc1c(O)c(C)c2sc(NCCC(=O)O)nc2c1C. The van der Waals surface area contributed by atoms with Crippen LogP contribution in [0.15, 0.2) is 0 Å². The number of aromatic nitrogens is 1. The number of anilines is 1. The molecule has 5 nitrogen and oxygen atoms in total. The number of carboxylic acids is 1. The Balaban J connectivity index is 2.38. The van der Waals surface area contributed by atoms with Crippen molar-refractivity contribution >= 4 is 32.7 Å². The number of hydrogen-bond donors (Lipinski definition) is 3. The van der Waals surface area contributed by atoms with Gasteiger partial charge in [0.2, 0.25) is 0 Å². The minimum Gasteiger partial charge on any atom is -0.507 e. The number of fused-ring (bicyclic) bond motifs is 1. The predicted molar refractivity (Wildman–Crippen MR) is 76.2 cm³/mol. The van der Waals surface area contributed by atoms with Crippen molar-refractivity contribution < 1.29 is 15.0 Å². The van der Waals surface area contributed by atoms with Crippen molar-refractivity contribution in [2.45, 2.75) is 27.2 Å². The molecular weight excluding hydrogens is 264 g/mol. The zero-order valence-corrected chi connectivity index (χ0v) is 11.9. The van der Waals surface area contributed by atoms with E-state index in [4.69, 9.17) is 5.11 Å². The molecule has 0 aliphatic heterocycles. The summed E-state index contributed by atoms with van der Waals surface area (Å²) in [6, 6.07) is 0. The molecule has 0 aliphatic carbocycles. The number of carbonyl (C=O) groups is 1. The first-order chi connectivity index (χ1) is 8.91. The second kappa shape index (κ2) is 5.05. The molecule has 0 spiro atoms. The molecule has 2 rings (SSSR count). The molecule has 2 aromatic rings. The molecule has 1 heterocycles. The van der Waals surface area contributed by atoms with Crippen LogP contribution in [0.2, 0.25) is 0 Å². The van der Waals surface area contributed by atoms with Crippen LogP contribution in [0.1, 0.15) is 23.1 Å². The predicted octanol–water partition coefficient (Wildman–Crippen LogP) is 2.81. The maximum absolute atomic E-state index is 10.5. The van der Waals surface area contributed by atoms with E-state index in [9.17, 15) is 9.90 Å². The van der Waals surface area contributed by atoms with Gasteiger partial charge in [0.15, 0.2) is 5.13 Å². The van der Waals surface area contributed by atoms with Gasteiger partial charge < -0.3 is 15.5 Å². The fourth-order valence-electron chi connectivity index (χ4n) is 1.92. The van der Waals surface area contributed by atoms with E-state index in [1.165, 1.54) is 11.3 Å². The van der Waals surface area contributed by atoms with Gasteiger partial charge in [0.05, 0.1) is 16.6 Å². The Morgan fingerprint density at radius 2 is 1.95 bits per heavy atom. The minimum absolute atomic E-state index is 0.0537. The van der Waals surface area contributed by atoms with Crippen LogP contribution in [-0.2, 0) is 4.79 Å². The number of hydrogen-bond acceptors (Lipinski definition) is 5. The summed E-state index contributed by atoms with van der Waals surface area (Å²) in [5.74, 6) is -0.528. The molecule has 0 amide bonds. The Kier molecular flexibility index (Phi) is 3.61. The molecule has 0 aliphatic rings. The van der Waals surface area contributed by atoms with Crippen molar-refractivity contribution in [3.63, 3.8) is 0 Å². The third-order valence-corrected chi connectivity index (χ3v) is 4.34. The first-order valence-corrected chi connectivity index (χ1v) is 6.78. The highest BCUT2D eigenvalue weighted by molar-refractivity contribution is 7.22. The highest BCUT2D eigenvalue weighted by Gasteiger charge is 2.15. The molecule has 0 saturated heterocycles. The number of aromatic hydroxyl groups is 1. The van der Waals surface area contributed by atoms with E-state index in [0.717, 1.165) is 26.9 Å². The molecule has 1 aromatic carbocycles. The van der Waals surface area contributed by atoms with Crippen LogP contribution in [0.25, 0.3) is 10.2 Å². The highest BCUT2D eigenvalue weighted by atomic mass is 32.1. The third kappa shape index (κ3) is 2.49. The fourth-order valence-corrected chi connectivity index (χ4v) is 2.97. The van der Waals surface area contributed by atoms with Crippen LogP contribution in [0.5, 0.6) is 5.75 Å². The topological polar surface area (TPSA) is 82.5 Å². The molecule has 0 bridgehead atoms. The molecule has 0 radical (unpaired) electrons. The van der Waals surface area contributed by atoms with Crippen LogP contribution in [0.3, 0.4) is 0 Å². The summed E-state index contributed by atoms with van der Waals surface area (Å²) in [5, 5.41) is 22.3. The zero-order valence-electron chi connectivity index (χ0n) is 11.1. The number of nitrogens with zero attached hydrogens (tertiary/aromatic N) is 1. The lowest BCUT2D eigenvalue weighted by molar-refractivity contribution is -0.136. The molecular formula is C13H16N2O3S. The average molecular weight is 280 g/mol. The van der Waals surface area contributed by atoms with Crippen LogP contribution in [0.4, 0.5) is 5.13 Å². The summed E-state index contributed by atoms with van der Waals surface area (Å²) >= 11 is 1.44. The van der Waals surface area contributed by atoms with E-state index in [0.29, 0.717) is 17.4 Å². The Morgan fingerprint density at radius 1 is 1.26 bits per heavy atom. The van der Waals surface area contributed by atoms with Crippen molar-refractivity contribution in [3.8, 4) is 5.75 Å². The molecule has 3 N–H and O–H groups in total. The molecule has 0 saturated carbocycles. The largest absolute Gasteiger partial charge is 0.507 e. The summed E-state index contributed by atoms with van der Waals surface area (Å²) < 4.78 is 0.943. The lowest BCUT2D eigenvalue weighted by Crippen LogP contribution is -2.07. The molecule has 0 fully saturated rings. The monoisotopic (exact) mass is 280 g/mol. The van der Waals surface area contributed by atoms with Crippen LogP contribution in [0, 0.1) is 20.8 Å². The number of aryl methyl sites for hydroxylation is 2. The number of benzene rings is 1. The van der Waals surface area contributed by atoms with Crippen molar-refractivity contribution in [1.29, 1.82) is 0 Å². The Morgan fingerprint density at radius 3 is 2.58 bits per heavy atom. The van der Waals surface area contributed by atoms with Gasteiger partial charge in [-0.25, -0.2) is 4.98 Å². The normalized spacial score (nSPS) is 10.9. The summed E-state index contributed by atoms with van der Waals surface area (Å²) in [7, 11) is 0. The fraction of sp³-hybridized carbons (Fsp3) is 0.385. The summed E-state index contributed by atoms with van der Waals surface area (Å²) in [4.78, 5) is 14.9. The number of carboxylic acid groups (broad SMARTS) is 1. The second-order valence-electron chi connectivity index (χ2n) is 4.49. The van der Waals surface area contributed by atoms with Crippen molar-refractivity contribution in [2.75, 3.05) is 11.9 Å². The molecule has 0 unspecified atom stereocenters. The number of phenolic OH excluding ortho intramolecular Hbond substituents is 1. The van der Waals surface area contributed by atoms with Gasteiger partial charge in [-0.3, -0.25) is 4.79 Å². The van der Waals surface area contributed by atoms with Gasteiger partial charge in [0, 0.05) is 12.1 Å². The zero-order chi connectivity index (χ0) is 14.2. The Labute approximate surface area is 114 Å². The quantitative estimate of drug-likeness (QED) is 0.802. The van der Waals surface area contributed by atoms with E-state index in [2.05, 4.69) is 10.3 Å². The number of aliphatic carboxylic acids is 1. The lowest BCUT2D eigenvalue weighted by atomic mass is 10.0. The van der Waals surface area contributed by atoms with Crippen LogP contribution >= 0.6 is 11.3 Å². The van der Waals surface area contributed by atoms with E-state index in [1.54, 1.807) is 0 Å². The first-order valence-electron chi connectivity index (χ1n) is 5.96. The van der Waals surface area contributed by atoms with Gasteiger partial charge in [0.25, 0.3) is 0 Å². The van der Waals surface area contributed by atoms with Crippen LogP contribution < -0.4 is 5.32 Å². The number of nitrogens with one attached hydrogen (secondary N) is 1.